The molecule has 0 spiro atoms. The van der Waals surface area contributed by atoms with E-state index in [0.717, 1.165) is 22.3 Å². The quantitative estimate of drug-likeness (QED) is 0.0171. The van der Waals surface area contributed by atoms with Gasteiger partial charge in [0.25, 0.3) is 0 Å². The van der Waals surface area contributed by atoms with E-state index in [2.05, 4.69) is 26.2 Å². The summed E-state index contributed by atoms with van der Waals surface area (Å²) in [6.07, 6.45) is 16.1. The van der Waals surface area contributed by atoms with E-state index in [1.807, 2.05) is 194 Å². The van der Waals surface area contributed by atoms with Gasteiger partial charge in [-0.25, -0.2) is 0 Å². The van der Waals surface area contributed by atoms with Crippen LogP contribution in [0, 0.1) is 0 Å². The number of ketones is 4. The standard InChI is InChI=1S/C76H80O12Si4/c1-89(57-17-53-81-69-41-33-65(34-42-69)73(77)49-29-61-21-9-5-10-22-61)85-90(2,58-18-54-82-70-43-35-66(36-44-70)74(78)50-30-62-23-11-6-12-24-62)87-92(4,60-20-56-84-72-47-39-68(40-48-72)76(80)52-32-64-27-15-8-16-28-64)88-91(3,86-89)59-19-55-83-71-45-37-67(38-46-71)75(79)51-31-63-25-13-7-14-26-63/h5-16,21-52H,17-20,53-60H2,1-4H3. The molecule has 0 amide bonds. The molecule has 1 aliphatic heterocycles. The summed E-state index contributed by atoms with van der Waals surface area (Å²) >= 11 is 0. The molecule has 0 saturated carbocycles. The largest absolute Gasteiger partial charge is 0.494 e. The number of rotatable bonds is 32. The van der Waals surface area contributed by atoms with Crippen molar-refractivity contribution in [3.63, 3.8) is 0 Å². The van der Waals surface area contributed by atoms with Gasteiger partial charge in [0, 0.05) is 22.3 Å². The molecule has 9 rings (SSSR count). The normalized spacial score (nSPS) is 19.2. The van der Waals surface area contributed by atoms with Gasteiger partial charge in [-0.05, 0) is 220 Å². The van der Waals surface area contributed by atoms with Crippen molar-refractivity contribution in [1.29, 1.82) is 0 Å². The van der Waals surface area contributed by atoms with Crippen LogP contribution in [-0.2, 0) is 16.5 Å². The predicted octanol–water partition coefficient (Wildman–Crippen LogP) is 17.8. The number of carbonyl (C=O) groups excluding carboxylic acids is 4. The summed E-state index contributed by atoms with van der Waals surface area (Å²) in [7, 11) is -12.6. The van der Waals surface area contributed by atoms with Crippen molar-refractivity contribution in [2.45, 2.75) is 76.0 Å². The van der Waals surface area contributed by atoms with Gasteiger partial charge in [0.15, 0.2) is 23.1 Å². The average Bonchev–Trinajstić information content (AvgIpc) is 0.836. The first-order valence-corrected chi connectivity index (χ1v) is 41.5. The zero-order valence-corrected chi connectivity index (χ0v) is 56.8. The summed E-state index contributed by atoms with van der Waals surface area (Å²) in [4.78, 5) is 52.2. The lowest BCUT2D eigenvalue weighted by Crippen LogP contribution is -2.67. The van der Waals surface area contributed by atoms with E-state index in [4.69, 9.17) is 35.4 Å². The van der Waals surface area contributed by atoms with Crippen LogP contribution in [0.5, 0.6) is 23.0 Å². The van der Waals surface area contributed by atoms with Crippen molar-refractivity contribution in [3.05, 3.63) is 287 Å². The molecule has 0 aliphatic carbocycles. The first-order valence-electron chi connectivity index (χ1n) is 31.4. The predicted molar refractivity (Wildman–Crippen MR) is 375 cm³/mol. The van der Waals surface area contributed by atoms with Crippen LogP contribution in [0.15, 0.2) is 243 Å². The molecule has 8 aromatic carbocycles. The van der Waals surface area contributed by atoms with Crippen LogP contribution in [-0.4, -0.2) is 83.8 Å². The Morgan fingerprint density at radius 3 is 0.652 bits per heavy atom. The molecule has 1 heterocycles. The number of benzene rings is 8. The van der Waals surface area contributed by atoms with Crippen molar-refractivity contribution in [3.8, 4) is 23.0 Å². The summed E-state index contributed by atoms with van der Waals surface area (Å²) in [5, 5.41) is 0. The molecule has 0 N–H and O–H groups in total. The van der Waals surface area contributed by atoms with Crippen molar-refractivity contribution >= 4 is 81.7 Å². The highest BCUT2D eigenvalue weighted by Gasteiger charge is 2.56. The van der Waals surface area contributed by atoms with Gasteiger partial charge in [-0.2, -0.15) is 0 Å². The van der Waals surface area contributed by atoms with Crippen LogP contribution in [0.25, 0.3) is 24.3 Å². The minimum absolute atomic E-state index is 0.0957. The minimum Gasteiger partial charge on any atom is -0.494 e. The van der Waals surface area contributed by atoms with E-state index < -0.39 is 34.2 Å². The Labute approximate surface area is 545 Å². The van der Waals surface area contributed by atoms with Crippen LogP contribution in [0.4, 0.5) is 0 Å². The number of hydrogen-bond acceptors (Lipinski definition) is 12. The van der Waals surface area contributed by atoms with E-state index in [1.54, 1.807) is 72.8 Å². The summed E-state index contributed by atoms with van der Waals surface area (Å²) in [6.45, 7) is 10.0. The van der Waals surface area contributed by atoms with E-state index in [9.17, 15) is 19.2 Å². The monoisotopic (exact) mass is 1300 g/mol. The second-order valence-corrected chi connectivity index (χ2v) is 37.6. The third-order valence-corrected chi connectivity index (χ3v) is 34.2. The smallest absolute Gasteiger partial charge is 0.317 e. The summed E-state index contributed by atoms with van der Waals surface area (Å²) in [5.41, 5.74) is 6.06. The van der Waals surface area contributed by atoms with Gasteiger partial charge in [-0.3, -0.25) is 19.2 Å². The fraction of sp³-hybridized carbons (Fsp3) is 0.211. The highest BCUT2D eigenvalue weighted by Crippen LogP contribution is 2.39. The lowest BCUT2D eigenvalue weighted by molar-refractivity contribution is 0.103. The van der Waals surface area contributed by atoms with Gasteiger partial charge >= 0.3 is 34.2 Å². The molecule has 8 aromatic rings. The van der Waals surface area contributed by atoms with Gasteiger partial charge in [-0.1, -0.05) is 146 Å². The molecule has 0 unspecified atom stereocenters. The van der Waals surface area contributed by atoms with Crippen molar-refractivity contribution in [1.82, 2.24) is 0 Å². The van der Waals surface area contributed by atoms with Gasteiger partial charge in [0.1, 0.15) is 23.0 Å². The molecule has 12 nitrogen and oxygen atoms in total. The first-order chi connectivity index (χ1) is 44.6. The van der Waals surface area contributed by atoms with E-state index in [0.29, 0.717) is 122 Å². The summed E-state index contributed by atoms with van der Waals surface area (Å²) < 4.78 is 55.5. The topological polar surface area (TPSA) is 142 Å². The highest BCUT2D eigenvalue weighted by molar-refractivity contribution is 6.94. The molecule has 1 fully saturated rings. The molecule has 1 aliphatic rings. The lowest BCUT2D eigenvalue weighted by atomic mass is 10.1. The molecule has 0 radical (unpaired) electrons. The fourth-order valence-electron chi connectivity index (χ4n) is 10.8. The number of carbonyl (C=O) groups is 4. The second-order valence-electron chi connectivity index (χ2n) is 23.3. The number of ether oxygens (including phenoxy) is 4. The summed E-state index contributed by atoms with van der Waals surface area (Å²) in [5.74, 6) is 2.22. The van der Waals surface area contributed by atoms with Crippen LogP contribution in [0.3, 0.4) is 0 Å². The Bertz CT molecular complexity index is 3260. The molecule has 16 heteroatoms. The fourth-order valence-corrected chi connectivity index (χ4v) is 34.0. The third kappa shape index (κ3) is 21.7. The molecule has 0 bridgehead atoms. The van der Waals surface area contributed by atoms with E-state index in [1.165, 1.54) is 0 Å². The van der Waals surface area contributed by atoms with Crippen LogP contribution in [0.1, 0.15) is 89.4 Å². The van der Waals surface area contributed by atoms with Gasteiger partial charge in [0.05, 0.1) is 26.4 Å². The van der Waals surface area contributed by atoms with Crippen LogP contribution >= 0.6 is 0 Å². The Balaban J connectivity index is 0.885. The second kappa shape index (κ2) is 33.6. The third-order valence-electron chi connectivity index (χ3n) is 15.4. The molecule has 0 atom stereocenters. The van der Waals surface area contributed by atoms with Gasteiger partial charge < -0.3 is 35.4 Å². The van der Waals surface area contributed by atoms with Gasteiger partial charge in [0.2, 0.25) is 0 Å². The molecular formula is C76H80O12Si4. The van der Waals surface area contributed by atoms with Gasteiger partial charge in [-0.15, -0.1) is 0 Å². The summed E-state index contributed by atoms with van der Waals surface area (Å²) in [6, 6.07) is 70.1. The van der Waals surface area contributed by atoms with Crippen molar-refractivity contribution < 1.29 is 54.6 Å². The molecular weight excluding hydrogens is 1220 g/mol. The van der Waals surface area contributed by atoms with Crippen molar-refractivity contribution in [2.24, 2.45) is 0 Å². The minimum atomic E-state index is -3.16. The zero-order valence-electron chi connectivity index (χ0n) is 52.8. The van der Waals surface area contributed by atoms with E-state index >= 15 is 0 Å². The van der Waals surface area contributed by atoms with E-state index in [-0.39, 0.29) is 23.1 Å². The zero-order chi connectivity index (χ0) is 64.5. The Hall–Kier alpha value is -8.69. The Morgan fingerprint density at radius 1 is 0.283 bits per heavy atom. The molecule has 0 aromatic heterocycles. The molecule has 92 heavy (non-hydrogen) atoms. The average molecular weight is 1300 g/mol. The molecule has 472 valence electrons. The SMILES string of the molecule is C[Si]1(CCCOc2ccc(C(=O)C=Cc3ccccc3)cc2)O[Si](C)(CCCOc2ccc(C(=O)C=Cc3ccccc3)cc2)O[Si](C)(CCCOc2ccc(C(=O)C=Cc3ccccc3)cc2)O[Si](C)(CCCOc2ccc(C(=O)C=Cc3ccccc3)cc2)O1. The maximum atomic E-state index is 13.0. The van der Waals surface area contributed by atoms with Crippen molar-refractivity contribution in [2.75, 3.05) is 26.4 Å². The maximum Gasteiger partial charge on any atom is 0.317 e. The molecule has 1 saturated heterocycles. The van der Waals surface area contributed by atoms with Crippen LogP contribution < -0.4 is 18.9 Å². The lowest BCUT2D eigenvalue weighted by Gasteiger charge is -2.50. The highest BCUT2D eigenvalue weighted by atomic mass is 28.5. The maximum absolute atomic E-state index is 13.0. The van der Waals surface area contributed by atoms with Crippen LogP contribution in [0.2, 0.25) is 50.4 Å². The Morgan fingerprint density at radius 2 is 0.467 bits per heavy atom. The Kier molecular flexibility index (Phi) is 24.7. The number of hydrogen-bond donors (Lipinski definition) is 0. The first kappa shape index (κ1) is 67.7. The number of allylic oxidation sites excluding steroid dienone is 4.